The first-order valence-corrected chi connectivity index (χ1v) is 5.41. The van der Waals surface area contributed by atoms with Crippen LogP contribution in [-0.2, 0) is 6.54 Å². The van der Waals surface area contributed by atoms with Gasteiger partial charge in [-0.15, -0.1) is 0 Å². The molecule has 0 radical (unpaired) electrons. The number of aromatic amines is 1. The van der Waals surface area contributed by atoms with Crippen molar-refractivity contribution in [2.75, 3.05) is 0 Å². The van der Waals surface area contributed by atoms with Crippen LogP contribution in [0.2, 0.25) is 10.2 Å². The topological polar surface area (TPSA) is 67.8 Å². The van der Waals surface area contributed by atoms with Gasteiger partial charge in [0, 0.05) is 12.4 Å². The molecule has 2 rings (SSSR count). The maximum Gasteiger partial charge on any atom is 0.328 e. The number of nitrogens with zero attached hydrogens (tertiary/aromatic N) is 2. The molecule has 0 amide bonds. The maximum atomic E-state index is 11.5. The van der Waals surface area contributed by atoms with E-state index in [0.717, 1.165) is 5.56 Å². The molecule has 0 bridgehead atoms. The Hall–Kier alpha value is -1.59. The van der Waals surface area contributed by atoms with Crippen molar-refractivity contribution in [3.8, 4) is 0 Å². The number of rotatable bonds is 2. The highest BCUT2D eigenvalue weighted by atomic mass is 35.5. The Kier molecular flexibility index (Phi) is 3.31. The van der Waals surface area contributed by atoms with E-state index in [1.54, 1.807) is 18.3 Å². The minimum absolute atomic E-state index is 0.0356. The fourth-order valence-electron chi connectivity index (χ4n) is 1.30. The summed E-state index contributed by atoms with van der Waals surface area (Å²) >= 11 is 11.3. The lowest BCUT2D eigenvalue weighted by atomic mass is 10.3. The van der Waals surface area contributed by atoms with Crippen LogP contribution in [0.3, 0.4) is 0 Å². The highest BCUT2D eigenvalue weighted by Gasteiger charge is 2.03. The van der Waals surface area contributed by atoms with Crippen LogP contribution in [0.25, 0.3) is 0 Å². The average molecular weight is 272 g/mol. The van der Waals surface area contributed by atoms with E-state index in [2.05, 4.69) is 9.97 Å². The number of halogens is 2. The third-order valence-corrected chi connectivity index (χ3v) is 2.60. The van der Waals surface area contributed by atoms with Gasteiger partial charge in [0.15, 0.2) is 0 Å². The molecule has 0 aliphatic carbocycles. The smallest absolute Gasteiger partial charge is 0.295 e. The summed E-state index contributed by atoms with van der Waals surface area (Å²) in [7, 11) is 0. The Morgan fingerprint density at radius 2 is 2.06 bits per heavy atom. The number of nitrogens with one attached hydrogen (secondary N) is 1. The van der Waals surface area contributed by atoms with Gasteiger partial charge < -0.3 is 0 Å². The lowest BCUT2D eigenvalue weighted by Gasteiger charge is -2.04. The van der Waals surface area contributed by atoms with Crippen molar-refractivity contribution in [1.82, 2.24) is 14.5 Å². The number of hydrogen-bond acceptors (Lipinski definition) is 3. The first-order chi connectivity index (χ1) is 8.06. The highest BCUT2D eigenvalue weighted by molar-refractivity contribution is 6.30. The number of aromatic nitrogens is 3. The summed E-state index contributed by atoms with van der Waals surface area (Å²) in [6.07, 6.45) is 2.84. The van der Waals surface area contributed by atoms with Crippen molar-refractivity contribution in [3.63, 3.8) is 0 Å². The number of H-pyrrole nitrogens is 1. The summed E-state index contributed by atoms with van der Waals surface area (Å²) in [4.78, 5) is 28.5. The minimum atomic E-state index is -0.595. The summed E-state index contributed by atoms with van der Waals surface area (Å²) in [5.74, 6) is 0. The summed E-state index contributed by atoms with van der Waals surface area (Å²) in [6, 6.07) is 3.36. The maximum absolute atomic E-state index is 11.5. The zero-order valence-corrected chi connectivity index (χ0v) is 10.00. The predicted octanol–water partition coefficient (Wildman–Crippen LogP) is 1.29. The highest BCUT2D eigenvalue weighted by Crippen LogP contribution is 2.06. The second kappa shape index (κ2) is 4.73. The van der Waals surface area contributed by atoms with Crippen molar-refractivity contribution in [2.24, 2.45) is 0 Å². The average Bonchev–Trinajstić information content (AvgIpc) is 2.29. The van der Waals surface area contributed by atoms with Crippen LogP contribution in [0.1, 0.15) is 5.56 Å². The number of hydrogen-bond donors (Lipinski definition) is 1. The van der Waals surface area contributed by atoms with E-state index in [-0.39, 0.29) is 11.6 Å². The van der Waals surface area contributed by atoms with Crippen molar-refractivity contribution in [3.05, 3.63) is 61.1 Å². The van der Waals surface area contributed by atoms with Crippen LogP contribution in [0.5, 0.6) is 0 Å². The number of pyridine rings is 1. The molecule has 0 atom stereocenters. The lowest BCUT2D eigenvalue weighted by Crippen LogP contribution is -2.29. The largest absolute Gasteiger partial charge is 0.328 e. The van der Waals surface area contributed by atoms with Crippen LogP contribution < -0.4 is 11.2 Å². The van der Waals surface area contributed by atoms with Crippen LogP contribution in [0.15, 0.2) is 34.1 Å². The molecule has 0 saturated carbocycles. The Morgan fingerprint density at radius 1 is 1.29 bits per heavy atom. The fraction of sp³-hybridized carbons (Fsp3) is 0.100. The van der Waals surface area contributed by atoms with Gasteiger partial charge in [-0.25, -0.2) is 9.78 Å². The molecule has 17 heavy (non-hydrogen) atoms. The first kappa shape index (κ1) is 11.9. The Bertz CT molecular complexity index is 646. The molecule has 0 aliphatic heterocycles. The van der Waals surface area contributed by atoms with Crippen LogP contribution >= 0.6 is 23.2 Å². The van der Waals surface area contributed by atoms with Gasteiger partial charge in [-0.1, -0.05) is 29.3 Å². The molecule has 0 unspecified atom stereocenters. The fourth-order valence-corrected chi connectivity index (χ4v) is 1.57. The standard InChI is InChI=1S/C10H7Cl2N3O2/c11-7-5-15(10(17)14-9(7)16)4-6-1-2-8(12)13-3-6/h1-3,5H,4H2,(H,14,16,17). The molecule has 2 aromatic rings. The van der Waals surface area contributed by atoms with Gasteiger partial charge in [0.05, 0.1) is 6.54 Å². The molecule has 0 fully saturated rings. The van der Waals surface area contributed by atoms with Gasteiger partial charge in [0.2, 0.25) is 0 Å². The lowest BCUT2D eigenvalue weighted by molar-refractivity contribution is 0.718. The van der Waals surface area contributed by atoms with Gasteiger partial charge in [-0.2, -0.15) is 0 Å². The third kappa shape index (κ3) is 2.75. The molecule has 2 heterocycles. The monoisotopic (exact) mass is 271 g/mol. The second-order valence-corrected chi connectivity index (χ2v) is 4.15. The normalized spacial score (nSPS) is 10.5. The quantitative estimate of drug-likeness (QED) is 0.837. The van der Waals surface area contributed by atoms with Crippen molar-refractivity contribution >= 4 is 23.2 Å². The SMILES string of the molecule is O=c1[nH]c(=O)n(Cc2ccc(Cl)nc2)cc1Cl. The third-order valence-electron chi connectivity index (χ3n) is 2.11. The first-order valence-electron chi connectivity index (χ1n) is 4.66. The van der Waals surface area contributed by atoms with Crippen molar-refractivity contribution < 1.29 is 0 Å². The molecule has 0 aromatic carbocycles. The van der Waals surface area contributed by atoms with Crippen molar-refractivity contribution in [2.45, 2.75) is 6.54 Å². The molecule has 5 nitrogen and oxygen atoms in total. The van der Waals surface area contributed by atoms with E-state index in [9.17, 15) is 9.59 Å². The van der Waals surface area contributed by atoms with E-state index >= 15 is 0 Å². The molecule has 0 saturated heterocycles. The summed E-state index contributed by atoms with van der Waals surface area (Å²) in [5, 5.41) is 0.340. The van der Waals surface area contributed by atoms with Crippen LogP contribution in [-0.4, -0.2) is 14.5 Å². The summed E-state index contributed by atoms with van der Waals surface area (Å²) < 4.78 is 1.29. The van der Waals surface area contributed by atoms with E-state index in [0.29, 0.717) is 5.15 Å². The van der Waals surface area contributed by atoms with Gasteiger partial charge in [-0.3, -0.25) is 14.3 Å². The second-order valence-electron chi connectivity index (χ2n) is 3.35. The van der Waals surface area contributed by atoms with Crippen LogP contribution in [0.4, 0.5) is 0 Å². The zero-order valence-electron chi connectivity index (χ0n) is 8.48. The molecule has 88 valence electrons. The minimum Gasteiger partial charge on any atom is -0.295 e. The predicted molar refractivity (Wildman–Crippen MR) is 64.7 cm³/mol. The molecule has 0 aliphatic rings. The van der Waals surface area contributed by atoms with Gasteiger partial charge >= 0.3 is 5.69 Å². The molecule has 1 N–H and O–H groups in total. The Morgan fingerprint density at radius 3 is 2.71 bits per heavy atom. The van der Waals surface area contributed by atoms with Gasteiger partial charge in [-0.05, 0) is 11.6 Å². The molecular formula is C10H7Cl2N3O2. The van der Waals surface area contributed by atoms with Crippen molar-refractivity contribution in [1.29, 1.82) is 0 Å². The zero-order chi connectivity index (χ0) is 12.4. The van der Waals surface area contributed by atoms with E-state index in [1.165, 1.54) is 10.8 Å². The summed E-state index contributed by atoms with van der Waals surface area (Å²) in [6.45, 7) is 0.263. The molecule has 7 heteroatoms. The Balaban J connectivity index is 2.36. The molecular weight excluding hydrogens is 265 g/mol. The van der Waals surface area contributed by atoms with Gasteiger partial charge in [0.25, 0.3) is 5.56 Å². The van der Waals surface area contributed by atoms with E-state index < -0.39 is 11.2 Å². The van der Waals surface area contributed by atoms with Gasteiger partial charge in [0.1, 0.15) is 10.2 Å². The molecule has 2 aromatic heterocycles. The Labute approximate surface area is 106 Å². The molecule has 0 spiro atoms. The summed E-state index contributed by atoms with van der Waals surface area (Å²) in [5.41, 5.74) is -0.337. The van der Waals surface area contributed by atoms with E-state index in [1.807, 2.05) is 0 Å². The van der Waals surface area contributed by atoms with Crippen LogP contribution in [0, 0.1) is 0 Å². The van der Waals surface area contributed by atoms with E-state index in [4.69, 9.17) is 23.2 Å².